The number of esters is 1. The van der Waals surface area contributed by atoms with E-state index in [-0.39, 0.29) is 31.4 Å². The molecule has 0 amide bonds. The summed E-state index contributed by atoms with van der Waals surface area (Å²) in [6.07, 6.45) is 16.3. The lowest BCUT2D eigenvalue weighted by Crippen LogP contribution is -2.32. The second-order valence-electron chi connectivity index (χ2n) is 12.1. The molecule has 0 radical (unpaired) electrons. The highest BCUT2D eigenvalue weighted by Crippen LogP contribution is 2.23. The van der Waals surface area contributed by atoms with Gasteiger partial charge >= 0.3 is 5.97 Å². The van der Waals surface area contributed by atoms with Crippen LogP contribution in [0.1, 0.15) is 125 Å². The molecule has 230 valence electrons. The SMILES string of the molecule is CCCCCCCCCCCCCCCC(=O)OC(COC[C@H]1COC(C)(C)O1)COC[C@H]1COC(C)(C)O1. The van der Waals surface area contributed by atoms with Gasteiger partial charge in [-0.3, -0.25) is 4.79 Å². The van der Waals surface area contributed by atoms with Crippen molar-refractivity contribution in [2.24, 2.45) is 0 Å². The van der Waals surface area contributed by atoms with Crippen LogP contribution in [0, 0.1) is 0 Å². The Balaban J connectivity index is 1.56. The number of carbonyl (C=O) groups excluding carboxylic acids is 1. The van der Waals surface area contributed by atoms with Crippen molar-refractivity contribution in [3.05, 3.63) is 0 Å². The molecule has 0 unspecified atom stereocenters. The van der Waals surface area contributed by atoms with Crippen LogP contribution in [-0.2, 0) is 38.0 Å². The third kappa shape index (κ3) is 16.9. The van der Waals surface area contributed by atoms with Crippen molar-refractivity contribution in [3.8, 4) is 0 Å². The normalized spacial score (nSPS) is 22.1. The van der Waals surface area contributed by atoms with Crippen LogP contribution in [0.4, 0.5) is 0 Å². The molecule has 8 nitrogen and oxygen atoms in total. The first-order valence-corrected chi connectivity index (χ1v) is 15.7. The molecule has 2 heterocycles. The maximum Gasteiger partial charge on any atom is 0.306 e. The number of hydrogen-bond acceptors (Lipinski definition) is 8. The van der Waals surface area contributed by atoms with Crippen LogP contribution in [0.25, 0.3) is 0 Å². The summed E-state index contributed by atoms with van der Waals surface area (Å²) in [4.78, 5) is 12.5. The van der Waals surface area contributed by atoms with Gasteiger partial charge in [0.2, 0.25) is 0 Å². The van der Waals surface area contributed by atoms with Gasteiger partial charge in [0.25, 0.3) is 0 Å². The van der Waals surface area contributed by atoms with E-state index in [0.717, 1.165) is 12.8 Å². The summed E-state index contributed by atoms with van der Waals surface area (Å²) in [6.45, 7) is 12.0. The lowest BCUT2D eigenvalue weighted by Gasteiger charge is -2.21. The summed E-state index contributed by atoms with van der Waals surface area (Å²) in [7, 11) is 0. The molecule has 8 heteroatoms. The van der Waals surface area contributed by atoms with Crippen molar-refractivity contribution in [1.29, 1.82) is 0 Å². The van der Waals surface area contributed by atoms with Gasteiger partial charge in [-0.25, -0.2) is 0 Å². The van der Waals surface area contributed by atoms with E-state index < -0.39 is 17.7 Å². The highest BCUT2D eigenvalue weighted by Gasteiger charge is 2.34. The molecule has 2 fully saturated rings. The van der Waals surface area contributed by atoms with E-state index in [1.54, 1.807) is 0 Å². The fourth-order valence-electron chi connectivity index (χ4n) is 5.00. The molecule has 0 N–H and O–H groups in total. The minimum Gasteiger partial charge on any atom is -0.457 e. The van der Waals surface area contributed by atoms with Crippen molar-refractivity contribution in [1.82, 2.24) is 0 Å². The van der Waals surface area contributed by atoms with Gasteiger partial charge in [0.05, 0.1) is 39.6 Å². The van der Waals surface area contributed by atoms with E-state index >= 15 is 0 Å². The Labute approximate surface area is 238 Å². The summed E-state index contributed by atoms with van der Waals surface area (Å²) >= 11 is 0. The van der Waals surface area contributed by atoms with Crippen LogP contribution >= 0.6 is 0 Å². The third-order valence-corrected chi connectivity index (χ3v) is 7.13. The highest BCUT2D eigenvalue weighted by atomic mass is 16.8. The number of hydrogen-bond donors (Lipinski definition) is 0. The Morgan fingerprint density at radius 1 is 0.692 bits per heavy atom. The summed E-state index contributed by atoms with van der Waals surface area (Å²) < 4.78 is 40.2. The molecule has 2 aliphatic rings. The van der Waals surface area contributed by atoms with E-state index in [1.165, 1.54) is 70.6 Å². The molecule has 0 saturated carbocycles. The Kier molecular flexibility index (Phi) is 17.1. The zero-order valence-electron chi connectivity index (χ0n) is 25.6. The Hall–Kier alpha value is -0.770. The molecule has 0 aliphatic carbocycles. The molecular formula is C31H58O8. The van der Waals surface area contributed by atoms with Crippen LogP contribution in [0.5, 0.6) is 0 Å². The number of carbonyl (C=O) groups is 1. The average molecular weight is 559 g/mol. The highest BCUT2D eigenvalue weighted by molar-refractivity contribution is 5.69. The fourth-order valence-corrected chi connectivity index (χ4v) is 5.00. The Bertz CT molecular complexity index is 606. The lowest BCUT2D eigenvalue weighted by atomic mass is 10.0. The van der Waals surface area contributed by atoms with E-state index in [1.807, 2.05) is 27.7 Å². The summed E-state index contributed by atoms with van der Waals surface area (Å²) in [5.74, 6) is -1.37. The molecule has 2 atom stereocenters. The molecule has 0 spiro atoms. The Morgan fingerprint density at radius 2 is 1.10 bits per heavy atom. The van der Waals surface area contributed by atoms with E-state index in [2.05, 4.69) is 6.92 Å². The molecule has 0 aromatic rings. The maximum absolute atomic E-state index is 12.5. The third-order valence-electron chi connectivity index (χ3n) is 7.13. The van der Waals surface area contributed by atoms with Crippen molar-refractivity contribution in [2.75, 3.05) is 39.6 Å². The van der Waals surface area contributed by atoms with Gasteiger partial charge in [-0.2, -0.15) is 0 Å². The summed E-state index contributed by atoms with van der Waals surface area (Å²) in [5, 5.41) is 0. The molecule has 2 aliphatic heterocycles. The van der Waals surface area contributed by atoms with Crippen molar-refractivity contribution in [3.63, 3.8) is 0 Å². The molecular weight excluding hydrogens is 500 g/mol. The van der Waals surface area contributed by atoms with Crippen molar-refractivity contribution in [2.45, 2.75) is 154 Å². The summed E-state index contributed by atoms with van der Waals surface area (Å²) in [5.41, 5.74) is 0. The molecule has 0 aromatic carbocycles. The van der Waals surface area contributed by atoms with Crippen molar-refractivity contribution >= 4 is 5.97 Å². The number of rotatable bonds is 23. The van der Waals surface area contributed by atoms with Crippen LogP contribution in [0.15, 0.2) is 0 Å². The second-order valence-corrected chi connectivity index (χ2v) is 12.1. The number of unbranched alkanes of at least 4 members (excludes halogenated alkanes) is 12. The molecule has 2 saturated heterocycles. The molecule has 0 bridgehead atoms. The van der Waals surface area contributed by atoms with Gasteiger partial charge in [-0.05, 0) is 34.1 Å². The maximum atomic E-state index is 12.5. The van der Waals surface area contributed by atoms with E-state index in [4.69, 9.17) is 33.2 Å². The van der Waals surface area contributed by atoms with Crippen LogP contribution in [0.3, 0.4) is 0 Å². The standard InChI is InChI=1S/C31H58O8/c1-6-7-8-9-10-11-12-13-14-15-16-17-18-19-29(32)37-26(20-33-22-27-24-35-30(2,3)38-27)21-34-23-28-25-36-31(4,5)39-28/h26-28H,6-25H2,1-5H3/t27-,28-/m0/s1. The quantitative estimate of drug-likeness (QED) is 0.101. The smallest absolute Gasteiger partial charge is 0.306 e. The van der Waals surface area contributed by atoms with E-state index in [9.17, 15) is 4.79 Å². The first-order chi connectivity index (χ1) is 18.7. The van der Waals surface area contributed by atoms with Gasteiger partial charge in [0, 0.05) is 6.42 Å². The van der Waals surface area contributed by atoms with Crippen LogP contribution < -0.4 is 0 Å². The van der Waals surface area contributed by atoms with Crippen molar-refractivity contribution < 1.29 is 38.0 Å². The summed E-state index contributed by atoms with van der Waals surface area (Å²) in [6, 6.07) is 0. The Morgan fingerprint density at radius 3 is 1.49 bits per heavy atom. The molecule has 2 rings (SSSR count). The zero-order chi connectivity index (χ0) is 28.4. The van der Waals surface area contributed by atoms with Crippen LogP contribution in [0.2, 0.25) is 0 Å². The molecule has 39 heavy (non-hydrogen) atoms. The van der Waals surface area contributed by atoms with E-state index in [0.29, 0.717) is 32.8 Å². The molecule has 0 aromatic heterocycles. The second kappa shape index (κ2) is 19.4. The monoisotopic (exact) mass is 558 g/mol. The van der Waals surface area contributed by atoms with Gasteiger partial charge < -0.3 is 33.2 Å². The average Bonchev–Trinajstić information content (AvgIpc) is 3.41. The predicted octanol–water partition coefficient (Wildman–Crippen LogP) is 6.72. The minimum atomic E-state index is -0.589. The van der Waals surface area contributed by atoms with Gasteiger partial charge in [-0.1, -0.05) is 84.0 Å². The predicted molar refractivity (Wildman–Crippen MR) is 152 cm³/mol. The van der Waals surface area contributed by atoms with Gasteiger partial charge in [-0.15, -0.1) is 0 Å². The zero-order valence-corrected chi connectivity index (χ0v) is 25.6. The first kappa shape index (κ1) is 34.4. The largest absolute Gasteiger partial charge is 0.457 e. The van der Waals surface area contributed by atoms with Gasteiger partial charge in [0.1, 0.15) is 18.3 Å². The first-order valence-electron chi connectivity index (χ1n) is 15.7. The minimum absolute atomic E-state index is 0.130. The topological polar surface area (TPSA) is 81.7 Å². The fraction of sp³-hybridized carbons (Fsp3) is 0.968. The van der Waals surface area contributed by atoms with Crippen LogP contribution in [-0.4, -0.2) is 75.5 Å². The lowest BCUT2D eigenvalue weighted by molar-refractivity contribution is -0.163. The van der Waals surface area contributed by atoms with Gasteiger partial charge in [0.15, 0.2) is 11.6 Å². The number of ether oxygens (including phenoxy) is 7.